The largest absolute Gasteiger partial charge is 0.465 e. The van der Waals surface area contributed by atoms with Crippen LogP contribution in [0.15, 0.2) is 24.8 Å². The maximum atomic E-state index is 11.7. The quantitative estimate of drug-likeness (QED) is 0.396. The van der Waals surface area contributed by atoms with Gasteiger partial charge in [-0.1, -0.05) is 18.2 Å². The van der Waals surface area contributed by atoms with Gasteiger partial charge in [0.1, 0.15) is 0 Å². The van der Waals surface area contributed by atoms with Crippen LogP contribution in [-0.4, -0.2) is 12.6 Å². The molecule has 0 fully saturated rings. The Hall–Kier alpha value is -1.05. The summed E-state index contributed by atoms with van der Waals surface area (Å²) >= 11 is 0. The van der Waals surface area contributed by atoms with Gasteiger partial charge in [-0.3, -0.25) is 4.79 Å². The summed E-state index contributed by atoms with van der Waals surface area (Å²) in [7, 11) is 0. The first-order chi connectivity index (χ1) is 8.90. The summed E-state index contributed by atoms with van der Waals surface area (Å²) in [5.41, 5.74) is -0.141. The molecule has 1 aliphatic carbocycles. The summed E-state index contributed by atoms with van der Waals surface area (Å²) < 4.78 is 5.33. The third-order valence-corrected chi connectivity index (χ3v) is 3.73. The van der Waals surface area contributed by atoms with Crippen molar-refractivity contribution in [1.29, 1.82) is 0 Å². The Morgan fingerprint density at radius 3 is 2.74 bits per heavy atom. The van der Waals surface area contributed by atoms with Gasteiger partial charge in [0.05, 0.1) is 12.0 Å². The van der Waals surface area contributed by atoms with Crippen molar-refractivity contribution >= 4 is 5.97 Å². The molecule has 0 amide bonds. The van der Waals surface area contributed by atoms with Crippen LogP contribution in [0.4, 0.5) is 0 Å². The maximum Gasteiger partial charge on any atom is 0.311 e. The topological polar surface area (TPSA) is 26.3 Å². The molecule has 19 heavy (non-hydrogen) atoms. The van der Waals surface area contributed by atoms with Gasteiger partial charge in [0, 0.05) is 0 Å². The van der Waals surface area contributed by atoms with Crippen LogP contribution in [0.2, 0.25) is 0 Å². The third-order valence-electron chi connectivity index (χ3n) is 3.73. The molecule has 2 heteroatoms. The summed E-state index contributed by atoms with van der Waals surface area (Å²) in [6.07, 6.45) is 13.4. The van der Waals surface area contributed by atoms with Gasteiger partial charge < -0.3 is 4.74 Å². The van der Waals surface area contributed by atoms with Crippen LogP contribution < -0.4 is 0 Å². The van der Waals surface area contributed by atoms with E-state index < -0.39 is 5.41 Å². The summed E-state index contributed by atoms with van der Waals surface area (Å²) in [5.74, 6) is -0.107. The summed E-state index contributed by atoms with van der Waals surface area (Å²) in [5, 5.41) is 0. The Kier molecular flexibility index (Phi) is 5.84. The van der Waals surface area contributed by atoms with E-state index >= 15 is 0 Å². The van der Waals surface area contributed by atoms with Crippen molar-refractivity contribution in [2.24, 2.45) is 10.8 Å². The van der Waals surface area contributed by atoms with E-state index in [4.69, 9.17) is 4.74 Å². The third kappa shape index (κ3) is 5.22. The second-order valence-corrected chi connectivity index (χ2v) is 6.64. The summed E-state index contributed by atoms with van der Waals surface area (Å²) in [4.78, 5) is 11.7. The average Bonchev–Trinajstić information content (AvgIpc) is 2.35. The summed E-state index contributed by atoms with van der Waals surface area (Å²) in [6.45, 7) is 10.1. The molecule has 0 heterocycles. The molecule has 0 radical (unpaired) electrons. The van der Waals surface area contributed by atoms with Gasteiger partial charge in [0.15, 0.2) is 0 Å². The van der Waals surface area contributed by atoms with Crippen molar-refractivity contribution in [2.45, 2.75) is 59.3 Å². The van der Waals surface area contributed by atoms with Crippen LogP contribution in [0.3, 0.4) is 0 Å². The number of hydrogen-bond acceptors (Lipinski definition) is 2. The molecule has 0 spiro atoms. The Balaban J connectivity index is 2.37. The fourth-order valence-electron chi connectivity index (χ4n) is 2.56. The van der Waals surface area contributed by atoms with E-state index in [-0.39, 0.29) is 11.4 Å². The van der Waals surface area contributed by atoms with Gasteiger partial charge >= 0.3 is 5.97 Å². The highest BCUT2D eigenvalue weighted by Gasteiger charge is 2.27. The van der Waals surface area contributed by atoms with E-state index in [0.717, 1.165) is 19.3 Å². The molecule has 1 atom stereocenters. The zero-order valence-electron chi connectivity index (χ0n) is 12.7. The van der Waals surface area contributed by atoms with Gasteiger partial charge in [-0.15, -0.1) is 6.58 Å². The molecule has 2 nitrogen and oxygen atoms in total. The molecule has 0 aromatic heterocycles. The minimum Gasteiger partial charge on any atom is -0.465 e. The molecule has 0 aromatic rings. The second-order valence-electron chi connectivity index (χ2n) is 6.64. The minimum absolute atomic E-state index is 0.107. The van der Waals surface area contributed by atoms with Crippen molar-refractivity contribution in [3.63, 3.8) is 0 Å². The van der Waals surface area contributed by atoms with Gasteiger partial charge in [-0.2, -0.15) is 0 Å². The number of carbonyl (C=O) groups is 1. The van der Waals surface area contributed by atoms with Crippen molar-refractivity contribution in [3.05, 3.63) is 24.8 Å². The molecule has 1 rings (SSSR count). The van der Waals surface area contributed by atoms with Crippen molar-refractivity contribution < 1.29 is 9.53 Å². The van der Waals surface area contributed by atoms with Gasteiger partial charge in [0.25, 0.3) is 0 Å². The lowest BCUT2D eigenvalue weighted by molar-refractivity contribution is -0.153. The first kappa shape index (κ1) is 16.0. The van der Waals surface area contributed by atoms with Gasteiger partial charge in [0.2, 0.25) is 0 Å². The normalized spacial score (nSPS) is 23.1. The van der Waals surface area contributed by atoms with E-state index in [9.17, 15) is 4.79 Å². The molecule has 0 N–H and O–H groups in total. The fourth-order valence-corrected chi connectivity index (χ4v) is 2.56. The monoisotopic (exact) mass is 264 g/mol. The smallest absolute Gasteiger partial charge is 0.311 e. The molecule has 0 saturated heterocycles. The zero-order chi connectivity index (χ0) is 14.4. The first-order valence-electron chi connectivity index (χ1n) is 7.35. The molecule has 0 unspecified atom stereocenters. The molecular formula is C17H28O2. The Bertz CT molecular complexity index is 336. The summed E-state index contributed by atoms with van der Waals surface area (Å²) in [6, 6.07) is 0. The molecule has 0 aromatic carbocycles. The lowest BCUT2D eigenvalue weighted by Gasteiger charge is -2.32. The van der Waals surface area contributed by atoms with E-state index in [2.05, 4.69) is 18.7 Å². The highest BCUT2D eigenvalue weighted by atomic mass is 16.5. The lowest BCUT2D eigenvalue weighted by Crippen LogP contribution is -2.24. The molecular weight excluding hydrogens is 236 g/mol. The maximum absolute atomic E-state index is 11.7. The van der Waals surface area contributed by atoms with Crippen LogP contribution in [0, 0.1) is 10.8 Å². The van der Waals surface area contributed by atoms with Crippen LogP contribution in [0.25, 0.3) is 0 Å². The highest BCUT2D eigenvalue weighted by Crippen LogP contribution is 2.39. The molecule has 1 aliphatic rings. The van der Waals surface area contributed by atoms with Crippen molar-refractivity contribution in [3.8, 4) is 0 Å². The minimum atomic E-state index is -0.399. The molecule has 108 valence electrons. The average molecular weight is 264 g/mol. The fraction of sp³-hybridized carbons (Fsp3) is 0.706. The predicted molar refractivity (Wildman–Crippen MR) is 79.9 cm³/mol. The molecule has 0 saturated carbocycles. The molecule has 0 bridgehead atoms. The number of esters is 1. The number of hydrogen-bond donors (Lipinski definition) is 0. The SMILES string of the molecule is C=CC[C@@]1(CCCOC(=O)C(C)(C)C)C=CCCC1. The second kappa shape index (κ2) is 6.93. The van der Waals surface area contributed by atoms with Crippen LogP contribution in [0.5, 0.6) is 0 Å². The van der Waals surface area contributed by atoms with E-state index in [1.807, 2.05) is 26.8 Å². The highest BCUT2D eigenvalue weighted by molar-refractivity contribution is 5.75. The van der Waals surface area contributed by atoms with Gasteiger partial charge in [-0.25, -0.2) is 0 Å². The number of allylic oxidation sites excluding steroid dienone is 3. The van der Waals surface area contributed by atoms with E-state index in [0.29, 0.717) is 6.61 Å². The first-order valence-corrected chi connectivity index (χ1v) is 7.35. The van der Waals surface area contributed by atoms with Crippen LogP contribution >= 0.6 is 0 Å². The number of carbonyl (C=O) groups excluding carboxylic acids is 1. The standard InChI is InChI=1S/C17H28O2/c1-5-10-17(11-7-6-8-12-17)13-9-14-19-15(18)16(2,3)4/h5,7,11H,1,6,8-10,12-14H2,2-4H3/t17-/m1/s1. The zero-order valence-corrected chi connectivity index (χ0v) is 12.7. The van der Waals surface area contributed by atoms with Crippen molar-refractivity contribution in [2.75, 3.05) is 6.61 Å². The van der Waals surface area contributed by atoms with Gasteiger partial charge in [-0.05, 0) is 64.7 Å². The molecule has 0 aliphatic heterocycles. The number of rotatable bonds is 6. The van der Waals surface area contributed by atoms with E-state index in [1.54, 1.807) is 0 Å². The van der Waals surface area contributed by atoms with Crippen LogP contribution in [-0.2, 0) is 9.53 Å². The van der Waals surface area contributed by atoms with Crippen molar-refractivity contribution in [1.82, 2.24) is 0 Å². The number of ether oxygens (including phenoxy) is 1. The lowest BCUT2D eigenvalue weighted by atomic mass is 9.73. The Labute approximate surface area is 117 Å². The van der Waals surface area contributed by atoms with Crippen LogP contribution in [0.1, 0.15) is 59.3 Å². The predicted octanol–water partition coefficient (Wildman–Crippen LogP) is 4.66. The Morgan fingerprint density at radius 1 is 1.47 bits per heavy atom. The van der Waals surface area contributed by atoms with E-state index in [1.165, 1.54) is 19.3 Å². The Morgan fingerprint density at radius 2 is 2.21 bits per heavy atom.